The first-order valence-electron chi connectivity index (χ1n) is 6.13. The van der Waals surface area contributed by atoms with Crippen molar-refractivity contribution in [3.05, 3.63) is 29.3 Å². The lowest BCUT2D eigenvalue weighted by Gasteiger charge is -2.27. The zero-order valence-corrected chi connectivity index (χ0v) is 11.6. The van der Waals surface area contributed by atoms with Gasteiger partial charge in [0.05, 0.1) is 7.11 Å². The fraction of sp³-hybridized carbons (Fsp3) is 0.571. The first-order valence-corrected chi connectivity index (χ1v) is 6.13. The molecular weight excluding hydrogens is 212 g/mol. The van der Waals surface area contributed by atoms with Gasteiger partial charge in [-0.1, -0.05) is 19.1 Å². The summed E-state index contributed by atoms with van der Waals surface area (Å²) in [5.74, 6) is 0.955. The Kier molecular flexibility index (Phi) is 5.45. The highest BCUT2D eigenvalue weighted by Crippen LogP contribution is 2.25. The molecule has 0 radical (unpaired) electrons. The summed E-state index contributed by atoms with van der Waals surface area (Å²) in [6.45, 7) is 6.26. The number of nitrogens with zero attached hydrogens (tertiary/aromatic N) is 1. The van der Waals surface area contributed by atoms with E-state index in [9.17, 15) is 0 Å². The number of aryl methyl sites for hydroxylation is 1. The summed E-state index contributed by atoms with van der Waals surface area (Å²) >= 11 is 0. The molecule has 3 nitrogen and oxygen atoms in total. The number of nitrogens with one attached hydrogen (secondary N) is 1. The van der Waals surface area contributed by atoms with Crippen LogP contribution in [-0.4, -0.2) is 39.2 Å². The Morgan fingerprint density at radius 2 is 2.12 bits per heavy atom. The molecule has 0 amide bonds. The summed E-state index contributed by atoms with van der Waals surface area (Å²) in [7, 11) is 5.86. The molecule has 0 saturated heterocycles. The minimum Gasteiger partial charge on any atom is -0.496 e. The van der Waals surface area contributed by atoms with Gasteiger partial charge in [0.1, 0.15) is 5.75 Å². The molecule has 0 saturated carbocycles. The molecule has 1 aromatic rings. The SMILES string of the molecule is CCN(C)C(CNC)c1ccc(OC)c(C)c1. The lowest BCUT2D eigenvalue weighted by molar-refractivity contribution is 0.253. The van der Waals surface area contributed by atoms with Crippen LogP contribution in [0.3, 0.4) is 0 Å². The summed E-state index contributed by atoms with van der Waals surface area (Å²) in [6, 6.07) is 6.83. The molecule has 96 valence electrons. The van der Waals surface area contributed by atoms with Crippen molar-refractivity contribution in [3.8, 4) is 5.75 Å². The van der Waals surface area contributed by atoms with Gasteiger partial charge in [-0.15, -0.1) is 0 Å². The summed E-state index contributed by atoms with van der Waals surface area (Å²) in [6.07, 6.45) is 0. The summed E-state index contributed by atoms with van der Waals surface area (Å²) in [4.78, 5) is 2.34. The average molecular weight is 236 g/mol. The van der Waals surface area contributed by atoms with Crippen LogP contribution in [-0.2, 0) is 0 Å². The normalized spacial score (nSPS) is 12.8. The predicted molar refractivity (Wildman–Crippen MR) is 72.7 cm³/mol. The maximum atomic E-state index is 5.30. The second-order valence-corrected chi connectivity index (χ2v) is 4.38. The van der Waals surface area contributed by atoms with Gasteiger partial charge in [0.2, 0.25) is 0 Å². The third kappa shape index (κ3) is 3.45. The van der Waals surface area contributed by atoms with E-state index in [0.717, 1.165) is 18.8 Å². The minimum atomic E-state index is 0.412. The number of likely N-dealkylation sites (N-methyl/N-ethyl adjacent to an activating group) is 2. The first kappa shape index (κ1) is 14.0. The van der Waals surface area contributed by atoms with Gasteiger partial charge in [0, 0.05) is 12.6 Å². The average Bonchev–Trinajstić information content (AvgIpc) is 2.35. The molecule has 17 heavy (non-hydrogen) atoms. The summed E-state index contributed by atoms with van der Waals surface area (Å²) in [5.41, 5.74) is 2.53. The minimum absolute atomic E-state index is 0.412. The maximum Gasteiger partial charge on any atom is 0.121 e. The molecule has 1 rings (SSSR count). The summed E-state index contributed by atoms with van der Waals surface area (Å²) in [5, 5.41) is 3.26. The summed E-state index contributed by atoms with van der Waals surface area (Å²) < 4.78 is 5.30. The second-order valence-electron chi connectivity index (χ2n) is 4.38. The number of rotatable bonds is 6. The van der Waals surface area contributed by atoms with Crippen LogP contribution in [0.4, 0.5) is 0 Å². The Balaban J connectivity index is 2.98. The van der Waals surface area contributed by atoms with Gasteiger partial charge < -0.3 is 10.1 Å². The molecule has 0 aliphatic carbocycles. The van der Waals surface area contributed by atoms with Crippen molar-refractivity contribution in [1.82, 2.24) is 10.2 Å². The van der Waals surface area contributed by atoms with E-state index in [2.05, 4.69) is 49.3 Å². The number of benzene rings is 1. The molecule has 0 fully saturated rings. The predicted octanol–water partition coefficient (Wildman–Crippen LogP) is 2.22. The van der Waals surface area contributed by atoms with E-state index < -0.39 is 0 Å². The van der Waals surface area contributed by atoms with E-state index in [-0.39, 0.29) is 0 Å². The van der Waals surface area contributed by atoms with Crippen molar-refractivity contribution in [3.63, 3.8) is 0 Å². The van der Waals surface area contributed by atoms with Crippen LogP contribution in [0.1, 0.15) is 24.1 Å². The van der Waals surface area contributed by atoms with E-state index in [1.807, 2.05) is 7.05 Å². The van der Waals surface area contributed by atoms with Gasteiger partial charge in [-0.25, -0.2) is 0 Å². The lowest BCUT2D eigenvalue weighted by Crippen LogP contribution is -2.31. The van der Waals surface area contributed by atoms with Gasteiger partial charge in [-0.3, -0.25) is 4.90 Å². The zero-order valence-electron chi connectivity index (χ0n) is 11.6. The topological polar surface area (TPSA) is 24.5 Å². The molecular formula is C14H24N2O. The van der Waals surface area contributed by atoms with E-state index in [0.29, 0.717) is 6.04 Å². The van der Waals surface area contributed by atoms with Crippen LogP contribution < -0.4 is 10.1 Å². The first-order chi connectivity index (χ1) is 8.13. The molecule has 1 aromatic carbocycles. The largest absolute Gasteiger partial charge is 0.496 e. The van der Waals surface area contributed by atoms with Crippen LogP contribution in [0.5, 0.6) is 5.75 Å². The molecule has 0 aliphatic heterocycles. The molecule has 1 N–H and O–H groups in total. The van der Waals surface area contributed by atoms with Gasteiger partial charge in [0.25, 0.3) is 0 Å². The molecule has 0 heterocycles. The number of methoxy groups -OCH3 is 1. The molecule has 1 atom stereocenters. The standard InChI is InChI=1S/C14H24N2O/c1-6-16(4)13(10-15-3)12-7-8-14(17-5)11(2)9-12/h7-9,13,15H,6,10H2,1-5H3. The Labute approximate surface area is 105 Å². The van der Waals surface area contributed by atoms with E-state index in [4.69, 9.17) is 4.74 Å². The van der Waals surface area contributed by atoms with Crippen LogP contribution in [0, 0.1) is 6.92 Å². The van der Waals surface area contributed by atoms with Crippen molar-refractivity contribution in [1.29, 1.82) is 0 Å². The number of hydrogen-bond donors (Lipinski definition) is 1. The third-order valence-electron chi connectivity index (χ3n) is 3.23. The van der Waals surface area contributed by atoms with Crippen LogP contribution in [0.15, 0.2) is 18.2 Å². The van der Waals surface area contributed by atoms with Gasteiger partial charge in [0.15, 0.2) is 0 Å². The Bertz CT molecular complexity index is 352. The molecule has 0 bridgehead atoms. The van der Waals surface area contributed by atoms with Gasteiger partial charge >= 0.3 is 0 Å². The fourth-order valence-electron chi connectivity index (χ4n) is 2.05. The third-order valence-corrected chi connectivity index (χ3v) is 3.23. The molecule has 1 unspecified atom stereocenters. The number of ether oxygens (including phenoxy) is 1. The highest BCUT2D eigenvalue weighted by atomic mass is 16.5. The van der Waals surface area contributed by atoms with Crippen LogP contribution >= 0.6 is 0 Å². The zero-order chi connectivity index (χ0) is 12.8. The molecule has 0 aliphatic rings. The van der Waals surface area contributed by atoms with Gasteiger partial charge in [-0.05, 0) is 44.8 Å². The smallest absolute Gasteiger partial charge is 0.121 e. The second kappa shape index (κ2) is 6.62. The van der Waals surface area contributed by atoms with Crippen molar-refractivity contribution >= 4 is 0 Å². The Morgan fingerprint density at radius 3 is 2.59 bits per heavy atom. The molecule has 3 heteroatoms. The van der Waals surface area contributed by atoms with E-state index in [1.54, 1.807) is 7.11 Å². The molecule has 0 aromatic heterocycles. The van der Waals surface area contributed by atoms with Crippen molar-refractivity contribution in [2.24, 2.45) is 0 Å². The van der Waals surface area contributed by atoms with Crippen molar-refractivity contribution < 1.29 is 4.74 Å². The monoisotopic (exact) mass is 236 g/mol. The fourth-order valence-corrected chi connectivity index (χ4v) is 2.05. The number of hydrogen-bond acceptors (Lipinski definition) is 3. The van der Waals surface area contributed by atoms with Crippen molar-refractivity contribution in [2.75, 3.05) is 34.3 Å². The van der Waals surface area contributed by atoms with E-state index >= 15 is 0 Å². The quantitative estimate of drug-likeness (QED) is 0.819. The van der Waals surface area contributed by atoms with Crippen molar-refractivity contribution in [2.45, 2.75) is 19.9 Å². The Hall–Kier alpha value is -1.06. The van der Waals surface area contributed by atoms with Crippen LogP contribution in [0.2, 0.25) is 0 Å². The molecule has 0 spiro atoms. The van der Waals surface area contributed by atoms with Crippen LogP contribution in [0.25, 0.3) is 0 Å². The van der Waals surface area contributed by atoms with Gasteiger partial charge in [-0.2, -0.15) is 0 Å². The highest BCUT2D eigenvalue weighted by Gasteiger charge is 2.15. The highest BCUT2D eigenvalue weighted by molar-refractivity contribution is 5.37. The maximum absolute atomic E-state index is 5.30. The Morgan fingerprint density at radius 1 is 1.41 bits per heavy atom. The van der Waals surface area contributed by atoms with E-state index in [1.165, 1.54) is 11.1 Å². The lowest BCUT2D eigenvalue weighted by atomic mass is 10.0.